The van der Waals surface area contributed by atoms with E-state index >= 15 is 0 Å². The lowest BCUT2D eigenvalue weighted by Gasteiger charge is -2.07. The van der Waals surface area contributed by atoms with Crippen LogP contribution in [0.1, 0.15) is 35.9 Å². The Bertz CT molecular complexity index is 361. The second-order valence-corrected chi connectivity index (χ2v) is 3.17. The van der Waals surface area contributed by atoms with Gasteiger partial charge in [0.1, 0.15) is 5.82 Å². The van der Waals surface area contributed by atoms with Gasteiger partial charge in [-0.25, -0.2) is 9.18 Å². The monoisotopic (exact) mass is 212 g/mol. The molecule has 0 aliphatic heterocycles. The molecule has 1 unspecified atom stereocenters. The summed E-state index contributed by atoms with van der Waals surface area (Å²) >= 11 is 0. The van der Waals surface area contributed by atoms with E-state index in [0.29, 0.717) is 5.56 Å². The summed E-state index contributed by atoms with van der Waals surface area (Å²) in [6, 6.07) is 3.70. The number of carbonyl (C=O) groups is 1. The molecule has 1 aromatic carbocycles. The number of benzene rings is 1. The van der Waals surface area contributed by atoms with E-state index in [0.717, 1.165) is 6.07 Å². The summed E-state index contributed by atoms with van der Waals surface area (Å²) in [5.74, 6) is -1.14. The minimum atomic E-state index is -0.811. The third-order valence-electron chi connectivity index (χ3n) is 1.91. The maximum absolute atomic E-state index is 13.1. The number of rotatable bonds is 3. The highest BCUT2D eigenvalue weighted by Gasteiger charge is 2.11. The van der Waals surface area contributed by atoms with E-state index in [2.05, 4.69) is 0 Å². The number of hydrogen-bond acceptors (Lipinski definition) is 3. The number of esters is 1. The second-order valence-electron chi connectivity index (χ2n) is 3.17. The van der Waals surface area contributed by atoms with Crippen molar-refractivity contribution in [1.29, 1.82) is 0 Å². The SMILES string of the molecule is CCOC(=O)c1cc(F)cc(C(C)O)c1. The lowest BCUT2D eigenvalue weighted by Crippen LogP contribution is -2.06. The maximum atomic E-state index is 13.1. The first-order valence-electron chi connectivity index (χ1n) is 4.70. The summed E-state index contributed by atoms with van der Waals surface area (Å²) in [5, 5.41) is 9.27. The van der Waals surface area contributed by atoms with Crippen molar-refractivity contribution >= 4 is 5.97 Å². The van der Waals surface area contributed by atoms with Crippen molar-refractivity contribution in [3.63, 3.8) is 0 Å². The van der Waals surface area contributed by atoms with Crippen molar-refractivity contribution in [2.75, 3.05) is 6.61 Å². The molecule has 0 aromatic heterocycles. The summed E-state index contributed by atoms with van der Waals surface area (Å²) in [4.78, 5) is 11.3. The Morgan fingerprint density at radius 3 is 2.73 bits per heavy atom. The highest BCUT2D eigenvalue weighted by Crippen LogP contribution is 2.16. The number of aliphatic hydroxyl groups is 1. The molecule has 3 nitrogen and oxygen atoms in total. The zero-order valence-corrected chi connectivity index (χ0v) is 8.66. The molecule has 15 heavy (non-hydrogen) atoms. The van der Waals surface area contributed by atoms with Crippen LogP contribution in [0.3, 0.4) is 0 Å². The van der Waals surface area contributed by atoms with Gasteiger partial charge in [0.25, 0.3) is 0 Å². The van der Waals surface area contributed by atoms with Crippen molar-refractivity contribution in [3.05, 3.63) is 35.1 Å². The normalized spacial score (nSPS) is 12.3. The van der Waals surface area contributed by atoms with Crippen LogP contribution in [0, 0.1) is 5.82 Å². The first-order valence-corrected chi connectivity index (χ1v) is 4.70. The topological polar surface area (TPSA) is 46.5 Å². The Morgan fingerprint density at radius 1 is 1.53 bits per heavy atom. The summed E-state index contributed by atoms with van der Waals surface area (Å²) < 4.78 is 17.8. The first-order chi connectivity index (χ1) is 7.04. The molecule has 1 atom stereocenters. The van der Waals surface area contributed by atoms with Crippen molar-refractivity contribution in [1.82, 2.24) is 0 Å². The summed E-state index contributed by atoms with van der Waals surface area (Å²) in [7, 11) is 0. The zero-order valence-electron chi connectivity index (χ0n) is 8.66. The molecule has 0 saturated heterocycles. The smallest absolute Gasteiger partial charge is 0.338 e. The van der Waals surface area contributed by atoms with Crippen LogP contribution in [0.15, 0.2) is 18.2 Å². The zero-order chi connectivity index (χ0) is 11.4. The predicted octanol–water partition coefficient (Wildman–Crippen LogP) is 2.06. The number of halogens is 1. The minimum Gasteiger partial charge on any atom is -0.462 e. The van der Waals surface area contributed by atoms with E-state index in [1.54, 1.807) is 6.92 Å². The third-order valence-corrected chi connectivity index (χ3v) is 1.91. The fraction of sp³-hybridized carbons (Fsp3) is 0.364. The number of carbonyl (C=O) groups excluding carboxylic acids is 1. The molecule has 1 aromatic rings. The molecule has 0 fully saturated rings. The molecule has 82 valence electrons. The molecule has 0 radical (unpaired) electrons. The van der Waals surface area contributed by atoms with Crippen molar-refractivity contribution < 1.29 is 19.0 Å². The second kappa shape index (κ2) is 4.89. The van der Waals surface area contributed by atoms with Crippen LogP contribution < -0.4 is 0 Å². The fourth-order valence-electron chi connectivity index (χ4n) is 1.19. The standard InChI is InChI=1S/C11H13FO3/c1-3-15-11(14)9-4-8(7(2)13)5-10(12)6-9/h4-7,13H,3H2,1-2H3. The molecule has 1 N–H and O–H groups in total. The number of ether oxygens (including phenoxy) is 1. The molecule has 0 heterocycles. The Kier molecular flexibility index (Phi) is 3.80. The molecule has 0 bridgehead atoms. The highest BCUT2D eigenvalue weighted by molar-refractivity contribution is 5.89. The summed E-state index contributed by atoms with van der Waals surface area (Å²) in [5.41, 5.74) is 0.478. The van der Waals surface area contributed by atoms with Gasteiger partial charge in [-0.15, -0.1) is 0 Å². The highest BCUT2D eigenvalue weighted by atomic mass is 19.1. The molecule has 0 saturated carbocycles. The van der Waals surface area contributed by atoms with Crippen LogP contribution in [0.5, 0.6) is 0 Å². The average molecular weight is 212 g/mol. The summed E-state index contributed by atoms with van der Waals surface area (Å²) in [6.07, 6.45) is -0.811. The van der Waals surface area contributed by atoms with E-state index < -0.39 is 17.9 Å². The molecular formula is C11H13FO3. The van der Waals surface area contributed by atoms with Crippen LogP contribution in [0.4, 0.5) is 4.39 Å². The van der Waals surface area contributed by atoms with Gasteiger partial charge in [0.2, 0.25) is 0 Å². The molecule has 4 heteroatoms. The fourth-order valence-corrected chi connectivity index (χ4v) is 1.19. The Balaban J connectivity index is 3.03. The van der Waals surface area contributed by atoms with Gasteiger partial charge in [0.05, 0.1) is 18.3 Å². The van der Waals surface area contributed by atoms with Crippen LogP contribution >= 0.6 is 0 Å². The Labute approximate surface area is 87.5 Å². The van der Waals surface area contributed by atoms with Gasteiger partial charge in [0.15, 0.2) is 0 Å². The number of aliphatic hydroxyl groups excluding tert-OH is 1. The van der Waals surface area contributed by atoms with E-state index in [9.17, 15) is 14.3 Å². The molecule has 0 aliphatic carbocycles. The first kappa shape index (κ1) is 11.7. The molecule has 0 aliphatic rings. The van der Waals surface area contributed by atoms with E-state index in [-0.39, 0.29) is 12.2 Å². The van der Waals surface area contributed by atoms with Gasteiger partial charge in [-0.2, -0.15) is 0 Å². The lowest BCUT2D eigenvalue weighted by molar-refractivity contribution is 0.0525. The molecule has 0 amide bonds. The van der Waals surface area contributed by atoms with Crippen LogP contribution in [-0.2, 0) is 4.74 Å². The van der Waals surface area contributed by atoms with Gasteiger partial charge >= 0.3 is 5.97 Å². The average Bonchev–Trinajstić information content (AvgIpc) is 2.17. The molecular weight excluding hydrogens is 199 g/mol. The quantitative estimate of drug-likeness (QED) is 0.780. The van der Waals surface area contributed by atoms with Crippen molar-refractivity contribution in [2.24, 2.45) is 0 Å². The minimum absolute atomic E-state index is 0.118. The lowest BCUT2D eigenvalue weighted by atomic mass is 10.1. The number of hydrogen-bond donors (Lipinski definition) is 1. The third kappa shape index (κ3) is 3.02. The van der Waals surface area contributed by atoms with Crippen LogP contribution in [-0.4, -0.2) is 17.7 Å². The maximum Gasteiger partial charge on any atom is 0.338 e. The van der Waals surface area contributed by atoms with Crippen molar-refractivity contribution in [2.45, 2.75) is 20.0 Å². The molecule has 0 spiro atoms. The Hall–Kier alpha value is -1.42. The summed E-state index contributed by atoms with van der Waals surface area (Å²) in [6.45, 7) is 3.41. The molecule has 1 rings (SSSR count). The van der Waals surface area contributed by atoms with Gasteiger partial charge in [-0.3, -0.25) is 0 Å². The van der Waals surface area contributed by atoms with Crippen LogP contribution in [0.2, 0.25) is 0 Å². The van der Waals surface area contributed by atoms with E-state index in [1.807, 2.05) is 0 Å². The Morgan fingerprint density at radius 2 is 2.20 bits per heavy atom. The predicted molar refractivity (Wildman–Crippen MR) is 53.0 cm³/mol. The van der Waals surface area contributed by atoms with Gasteiger partial charge in [-0.05, 0) is 37.6 Å². The van der Waals surface area contributed by atoms with Crippen LogP contribution in [0.25, 0.3) is 0 Å². The van der Waals surface area contributed by atoms with E-state index in [1.165, 1.54) is 19.1 Å². The van der Waals surface area contributed by atoms with Gasteiger partial charge in [-0.1, -0.05) is 0 Å². The van der Waals surface area contributed by atoms with Crippen molar-refractivity contribution in [3.8, 4) is 0 Å². The largest absolute Gasteiger partial charge is 0.462 e. The van der Waals surface area contributed by atoms with Gasteiger partial charge in [0, 0.05) is 0 Å². The van der Waals surface area contributed by atoms with Gasteiger partial charge < -0.3 is 9.84 Å². The van der Waals surface area contributed by atoms with E-state index in [4.69, 9.17) is 4.74 Å².